The summed E-state index contributed by atoms with van der Waals surface area (Å²) in [6.45, 7) is 18.4. The van der Waals surface area contributed by atoms with Crippen LogP contribution in [0.1, 0.15) is 41.5 Å². The standard InChI is InChI=1S/C16H31IOSi/c1-13(2)15(14(3)11-9-10-12-17)18-19(7,8)16(4,5)6/h9-15H,1-8H3/b11-9+,12-10+/t14-,15+/m0/s1. The van der Waals surface area contributed by atoms with E-state index in [4.69, 9.17) is 4.43 Å². The lowest BCUT2D eigenvalue weighted by Crippen LogP contribution is -2.46. The summed E-state index contributed by atoms with van der Waals surface area (Å²) in [5.41, 5.74) is 0. The van der Waals surface area contributed by atoms with Gasteiger partial charge >= 0.3 is 0 Å². The predicted octanol–water partition coefficient (Wildman–Crippen LogP) is 6.17. The molecule has 3 heteroatoms. The van der Waals surface area contributed by atoms with Crippen LogP contribution in [0.2, 0.25) is 18.1 Å². The largest absolute Gasteiger partial charge is 0.413 e. The Morgan fingerprint density at radius 2 is 1.58 bits per heavy atom. The van der Waals surface area contributed by atoms with Crippen molar-refractivity contribution in [2.75, 3.05) is 0 Å². The Morgan fingerprint density at radius 3 is 1.95 bits per heavy atom. The van der Waals surface area contributed by atoms with Crippen molar-refractivity contribution >= 4 is 30.9 Å². The Hall–Kier alpha value is 0.387. The molecule has 0 radical (unpaired) electrons. The fourth-order valence-electron chi connectivity index (χ4n) is 1.76. The molecule has 0 aliphatic heterocycles. The van der Waals surface area contributed by atoms with Gasteiger partial charge in [0, 0.05) is 0 Å². The minimum Gasteiger partial charge on any atom is -0.413 e. The highest BCUT2D eigenvalue weighted by molar-refractivity contribution is 14.1. The molecule has 0 aromatic heterocycles. The van der Waals surface area contributed by atoms with Crippen molar-refractivity contribution in [3.8, 4) is 0 Å². The molecule has 0 aromatic rings. The molecule has 112 valence electrons. The van der Waals surface area contributed by atoms with Gasteiger partial charge < -0.3 is 4.43 Å². The number of allylic oxidation sites excluding steroid dienone is 2. The van der Waals surface area contributed by atoms with Gasteiger partial charge in [0.15, 0.2) is 8.32 Å². The minimum atomic E-state index is -1.69. The highest BCUT2D eigenvalue weighted by Gasteiger charge is 2.40. The molecule has 0 rings (SSSR count). The summed E-state index contributed by atoms with van der Waals surface area (Å²) >= 11 is 2.24. The highest BCUT2D eigenvalue weighted by atomic mass is 127. The quantitative estimate of drug-likeness (QED) is 0.297. The van der Waals surface area contributed by atoms with Crippen LogP contribution in [-0.4, -0.2) is 14.4 Å². The first kappa shape index (κ1) is 19.4. The average molecular weight is 394 g/mol. The number of rotatable bonds is 6. The molecule has 0 aliphatic rings. The maximum Gasteiger partial charge on any atom is 0.192 e. The first-order valence-corrected chi connectivity index (χ1v) is 11.3. The summed E-state index contributed by atoms with van der Waals surface area (Å²) < 4.78 is 8.65. The van der Waals surface area contributed by atoms with E-state index in [2.05, 4.69) is 95.5 Å². The topological polar surface area (TPSA) is 9.23 Å². The second-order valence-corrected chi connectivity index (χ2v) is 12.6. The van der Waals surface area contributed by atoms with Crippen LogP contribution in [0.5, 0.6) is 0 Å². The van der Waals surface area contributed by atoms with Crippen molar-refractivity contribution in [1.29, 1.82) is 0 Å². The molecule has 0 saturated heterocycles. The molecular formula is C16H31IOSi. The van der Waals surface area contributed by atoms with Crippen LogP contribution in [0.4, 0.5) is 0 Å². The van der Waals surface area contributed by atoms with Crippen molar-refractivity contribution in [2.24, 2.45) is 11.8 Å². The number of halogens is 1. The maximum atomic E-state index is 6.62. The molecule has 0 unspecified atom stereocenters. The van der Waals surface area contributed by atoms with E-state index < -0.39 is 8.32 Å². The minimum absolute atomic E-state index is 0.270. The van der Waals surface area contributed by atoms with Crippen LogP contribution < -0.4 is 0 Å². The van der Waals surface area contributed by atoms with Crippen LogP contribution in [0.25, 0.3) is 0 Å². The third-order valence-corrected chi connectivity index (χ3v) is 8.90. The van der Waals surface area contributed by atoms with Gasteiger partial charge in [-0.15, -0.1) is 0 Å². The molecule has 1 nitrogen and oxygen atoms in total. The zero-order valence-electron chi connectivity index (χ0n) is 13.8. The van der Waals surface area contributed by atoms with Gasteiger partial charge in [0.1, 0.15) is 0 Å². The molecule has 0 aliphatic carbocycles. The Morgan fingerprint density at radius 1 is 1.05 bits per heavy atom. The van der Waals surface area contributed by atoms with E-state index in [0.717, 1.165) is 0 Å². The summed E-state index contributed by atoms with van der Waals surface area (Å²) in [4.78, 5) is 0. The van der Waals surface area contributed by atoms with E-state index in [-0.39, 0.29) is 5.04 Å². The molecule has 0 fully saturated rings. The lowest BCUT2D eigenvalue weighted by Gasteiger charge is -2.42. The third-order valence-electron chi connectivity index (χ3n) is 4.01. The number of hydrogen-bond donors (Lipinski definition) is 0. The molecule has 2 atom stereocenters. The van der Waals surface area contributed by atoms with Crippen LogP contribution in [-0.2, 0) is 4.43 Å². The highest BCUT2D eigenvalue weighted by Crippen LogP contribution is 2.39. The Labute approximate surface area is 135 Å². The van der Waals surface area contributed by atoms with Gasteiger partial charge in [-0.2, -0.15) is 0 Å². The number of hydrogen-bond acceptors (Lipinski definition) is 1. The SMILES string of the molecule is CC(C)[C@@H](O[Si](C)(C)C(C)(C)C)[C@@H](C)/C=C/C=C/I. The van der Waals surface area contributed by atoms with Crippen LogP contribution in [0, 0.1) is 11.8 Å². The molecule has 0 amide bonds. The Bertz CT molecular complexity index is 313. The van der Waals surface area contributed by atoms with Crippen molar-refractivity contribution in [3.63, 3.8) is 0 Å². The fourth-order valence-corrected chi connectivity index (χ4v) is 3.52. The van der Waals surface area contributed by atoms with Gasteiger partial charge in [0.05, 0.1) is 6.10 Å². The van der Waals surface area contributed by atoms with Crippen LogP contribution in [0.15, 0.2) is 22.3 Å². The van der Waals surface area contributed by atoms with E-state index >= 15 is 0 Å². The molecule has 0 aromatic carbocycles. The Kier molecular flexibility index (Phi) is 8.15. The molecule has 0 heterocycles. The van der Waals surface area contributed by atoms with Crippen molar-refractivity contribution < 1.29 is 4.43 Å². The summed E-state index contributed by atoms with van der Waals surface area (Å²) in [6, 6.07) is 0. The van der Waals surface area contributed by atoms with Gasteiger partial charge in [0.25, 0.3) is 0 Å². The zero-order valence-corrected chi connectivity index (χ0v) is 17.0. The monoisotopic (exact) mass is 394 g/mol. The summed E-state index contributed by atoms with van der Waals surface area (Å²) in [5.74, 6) is 0.985. The molecule has 0 saturated carbocycles. The first-order chi connectivity index (χ1) is 8.53. The van der Waals surface area contributed by atoms with E-state index in [0.29, 0.717) is 17.9 Å². The molecule has 0 N–H and O–H groups in total. The van der Waals surface area contributed by atoms with Gasteiger partial charge in [-0.3, -0.25) is 0 Å². The van der Waals surface area contributed by atoms with E-state index in [1.54, 1.807) is 0 Å². The van der Waals surface area contributed by atoms with Crippen molar-refractivity contribution in [3.05, 3.63) is 22.3 Å². The molecule has 19 heavy (non-hydrogen) atoms. The van der Waals surface area contributed by atoms with Crippen molar-refractivity contribution in [1.82, 2.24) is 0 Å². The van der Waals surface area contributed by atoms with E-state index in [1.807, 2.05) is 4.08 Å². The lowest BCUT2D eigenvalue weighted by molar-refractivity contribution is 0.101. The molecule has 0 bridgehead atoms. The molecular weight excluding hydrogens is 363 g/mol. The smallest absolute Gasteiger partial charge is 0.192 e. The normalized spacial score (nSPS) is 17.6. The zero-order chi connectivity index (χ0) is 15.3. The van der Waals surface area contributed by atoms with Gasteiger partial charge in [-0.25, -0.2) is 0 Å². The molecule has 0 spiro atoms. The van der Waals surface area contributed by atoms with Gasteiger partial charge in [-0.1, -0.05) is 82.4 Å². The van der Waals surface area contributed by atoms with Gasteiger partial charge in [-0.05, 0) is 34.1 Å². The Balaban J connectivity index is 4.94. The summed E-state index contributed by atoms with van der Waals surface area (Å²) in [6.07, 6.45) is 6.76. The average Bonchev–Trinajstić information content (AvgIpc) is 2.24. The third kappa shape index (κ3) is 6.58. The van der Waals surface area contributed by atoms with E-state index in [9.17, 15) is 0 Å². The van der Waals surface area contributed by atoms with Crippen LogP contribution in [0.3, 0.4) is 0 Å². The summed E-state index contributed by atoms with van der Waals surface area (Å²) in [5, 5.41) is 0.270. The van der Waals surface area contributed by atoms with Crippen LogP contribution >= 0.6 is 22.6 Å². The summed E-state index contributed by atoms with van der Waals surface area (Å²) in [7, 11) is -1.69. The first-order valence-electron chi connectivity index (χ1n) is 7.14. The second kappa shape index (κ2) is 7.98. The van der Waals surface area contributed by atoms with Crippen molar-refractivity contribution in [2.45, 2.75) is 65.8 Å². The predicted molar refractivity (Wildman–Crippen MR) is 98.4 cm³/mol. The lowest BCUT2D eigenvalue weighted by atomic mass is 9.94. The van der Waals surface area contributed by atoms with E-state index in [1.165, 1.54) is 0 Å². The second-order valence-electron chi connectivity index (χ2n) is 7.15. The fraction of sp³-hybridized carbons (Fsp3) is 0.750. The van der Waals surface area contributed by atoms with Gasteiger partial charge in [0.2, 0.25) is 0 Å². The maximum absolute atomic E-state index is 6.62.